The molecular formula is C10H6Br2N2. The van der Waals surface area contributed by atoms with Gasteiger partial charge in [0, 0.05) is 24.2 Å². The zero-order chi connectivity index (χ0) is 9.97. The highest BCUT2D eigenvalue weighted by Crippen LogP contribution is 2.31. The molecule has 2 rings (SSSR count). The van der Waals surface area contributed by atoms with Crippen LogP contribution in [0.2, 0.25) is 0 Å². The largest absolute Gasteiger partial charge is 0.265 e. The lowest BCUT2D eigenvalue weighted by Gasteiger charge is -2.04. The Hall–Kier alpha value is -0.740. The van der Waals surface area contributed by atoms with Gasteiger partial charge in [0.2, 0.25) is 0 Å². The van der Waals surface area contributed by atoms with Crippen LogP contribution in [0.25, 0.3) is 11.1 Å². The van der Waals surface area contributed by atoms with Crippen molar-refractivity contribution in [2.75, 3.05) is 0 Å². The van der Waals surface area contributed by atoms with Gasteiger partial charge >= 0.3 is 0 Å². The van der Waals surface area contributed by atoms with E-state index >= 15 is 0 Å². The number of pyridine rings is 2. The summed E-state index contributed by atoms with van der Waals surface area (Å²) in [6.45, 7) is 0. The molecule has 0 spiro atoms. The van der Waals surface area contributed by atoms with Crippen molar-refractivity contribution in [2.24, 2.45) is 0 Å². The number of rotatable bonds is 1. The first-order valence-electron chi connectivity index (χ1n) is 3.99. The van der Waals surface area contributed by atoms with Gasteiger partial charge in [0.25, 0.3) is 0 Å². The highest BCUT2D eigenvalue weighted by atomic mass is 79.9. The van der Waals surface area contributed by atoms with Crippen LogP contribution in [0.5, 0.6) is 0 Å². The topological polar surface area (TPSA) is 25.8 Å². The van der Waals surface area contributed by atoms with Gasteiger partial charge in [-0.2, -0.15) is 0 Å². The molecule has 0 radical (unpaired) electrons. The molecule has 0 aliphatic heterocycles. The van der Waals surface area contributed by atoms with Crippen LogP contribution in [0.4, 0.5) is 0 Å². The molecule has 0 saturated heterocycles. The van der Waals surface area contributed by atoms with Gasteiger partial charge in [-0.1, -0.05) is 0 Å². The van der Waals surface area contributed by atoms with Crippen LogP contribution in [0.3, 0.4) is 0 Å². The van der Waals surface area contributed by atoms with E-state index < -0.39 is 0 Å². The Balaban J connectivity index is 2.58. The molecule has 2 aromatic rings. The van der Waals surface area contributed by atoms with Crippen molar-refractivity contribution in [1.29, 1.82) is 0 Å². The second-order valence-corrected chi connectivity index (χ2v) is 4.24. The van der Waals surface area contributed by atoms with Crippen molar-refractivity contribution in [3.63, 3.8) is 0 Å². The third-order valence-corrected chi connectivity index (χ3v) is 3.77. The molecule has 14 heavy (non-hydrogen) atoms. The van der Waals surface area contributed by atoms with Crippen molar-refractivity contribution >= 4 is 31.9 Å². The molecular weight excluding hydrogens is 308 g/mol. The molecule has 0 unspecified atom stereocenters. The van der Waals surface area contributed by atoms with E-state index in [9.17, 15) is 0 Å². The number of aromatic nitrogens is 2. The zero-order valence-corrected chi connectivity index (χ0v) is 10.3. The van der Waals surface area contributed by atoms with Crippen LogP contribution in [0.15, 0.2) is 45.9 Å². The minimum atomic E-state index is 0.812. The molecule has 0 amide bonds. The van der Waals surface area contributed by atoms with E-state index in [1.165, 1.54) is 0 Å². The molecule has 0 aliphatic rings. The van der Waals surface area contributed by atoms with E-state index in [1.54, 1.807) is 18.6 Å². The Morgan fingerprint density at radius 3 is 2.36 bits per heavy atom. The lowest BCUT2D eigenvalue weighted by Crippen LogP contribution is -1.84. The molecule has 2 heterocycles. The average Bonchev–Trinajstić information content (AvgIpc) is 2.23. The molecule has 0 aliphatic carbocycles. The fourth-order valence-corrected chi connectivity index (χ4v) is 1.97. The van der Waals surface area contributed by atoms with Gasteiger partial charge in [-0.25, -0.2) is 4.98 Å². The quantitative estimate of drug-likeness (QED) is 0.751. The summed E-state index contributed by atoms with van der Waals surface area (Å²) < 4.78 is 1.78. The minimum absolute atomic E-state index is 0.812. The third-order valence-electron chi connectivity index (χ3n) is 1.84. The van der Waals surface area contributed by atoms with Crippen molar-refractivity contribution in [1.82, 2.24) is 9.97 Å². The summed E-state index contributed by atoms with van der Waals surface area (Å²) >= 11 is 6.86. The molecule has 0 fully saturated rings. The predicted octanol–water partition coefficient (Wildman–Crippen LogP) is 3.67. The van der Waals surface area contributed by atoms with E-state index in [0.717, 1.165) is 20.2 Å². The Morgan fingerprint density at radius 1 is 0.929 bits per heavy atom. The molecule has 2 aromatic heterocycles. The Kier molecular flexibility index (Phi) is 2.93. The average molecular weight is 314 g/mol. The molecule has 2 nitrogen and oxygen atoms in total. The molecule has 0 N–H and O–H groups in total. The second kappa shape index (κ2) is 4.19. The summed E-state index contributed by atoms with van der Waals surface area (Å²) in [5.74, 6) is 0. The van der Waals surface area contributed by atoms with E-state index in [4.69, 9.17) is 0 Å². The van der Waals surface area contributed by atoms with Gasteiger partial charge in [-0.3, -0.25) is 4.98 Å². The smallest absolute Gasteiger partial charge is 0.120 e. The summed E-state index contributed by atoms with van der Waals surface area (Å²) in [6.07, 6.45) is 5.32. The van der Waals surface area contributed by atoms with Gasteiger partial charge < -0.3 is 0 Å². The summed E-state index contributed by atoms with van der Waals surface area (Å²) in [6, 6.07) is 5.89. The Labute approximate surface area is 98.7 Å². The van der Waals surface area contributed by atoms with E-state index in [2.05, 4.69) is 41.8 Å². The monoisotopic (exact) mass is 312 g/mol. The number of halogens is 2. The number of nitrogens with zero attached hydrogens (tertiary/aromatic N) is 2. The fourth-order valence-electron chi connectivity index (χ4n) is 1.17. The predicted molar refractivity (Wildman–Crippen MR) is 62.9 cm³/mol. The molecule has 0 bridgehead atoms. The van der Waals surface area contributed by atoms with Crippen LogP contribution in [0, 0.1) is 0 Å². The van der Waals surface area contributed by atoms with Crippen molar-refractivity contribution in [3.05, 3.63) is 45.9 Å². The third kappa shape index (κ3) is 1.86. The van der Waals surface area contributed by atoms with Crippen LogP contribution < -0.4 is 0 Å². The van der Waals surface area contributed by atoms with E-state index in [1.807, 2.05) is 18.2 Å². The summed E-state index contributed by atoms with van der Waals surface area (Å²) in [5, 5.41) is 0. The Morgan fingerprint density at radius 2 is 1.64 bits per heavy atom. The molecule has 0 saturated carbocycles. The standard InChI is InChI=1S/C10H6Br2N2/c11-9-8(3-6-14-10(9)12)7-1-4-13-5-2-7/h1-6H. The lowest BCUT2D eigenvalue weighted by atomic mass is 10.1. The van der Waals surface area contributed by atoms with Crippen LogP contribution in [-0.4, -0.2) is 9.97 Å². The molecule has 0 aromatic carbocycles. The Bertz CT molecular complexity index is 443. The highest BCUT2D eigenvalue weighted by Gasteiger charge is 2.05. The van der Waals surface area contributed by atoms with Crippen molar-refractivity contribution < 1.29 is 0 Å². The van der Waals surface area contributed by atoms with Crippen LogP contribution >= 0.6 is 31.9 Å². The first kappa shape index (κ1) is 9.80. The summed E-state index contributed by atoms with van der Waals surface area (Å²) in [7, 11) is 0. The van der Waals surface area contributed by atoms with Gasteiger partial charge in [-0.05, 0) is 55.6 Å². The van der Waals surface area contributed by atoms with Gasteiger partial charge in [0.1, 0.15) is 4.60 Å². The van der Waals surface area contributed by atoms with E-state index in [-0.39, 0.29) is 0 Å². The normalized spacial score (nSPS) is 10.1. The maximum atomic E-state index is 4.12. The second-order valence-electron chi connectivity index (χ2n) is 2.70. The summed E-state index contributed by atoms with van der Waals surface area (Å²) in [4.78, 5) is 8.10. The molecule has 70 valence electrons. The number of hydrogen-bond donors (Lipinski definition) is 0. The molecule has 0 atom stereocenters. The van der Waals surface area contributed by atoms with Crippen molar-refractivity contribution in [3.8, 4) is 11.1 Å². The minimum Gasteiger partial charge on any atom is -0.265 e. The maximum absolute atomic E-state index is 4.12. The zero-order valence-electron chi connectivity index (χ0n) is 7.11. The SMILES string of the molecule is Brc1nccc(-c2ccncc2)c1Br. The first-order chi connectivity index (χ1) is 6.79. The number of hydrogen-bond acceptors (Lipinski definition) is 2. The van der Waals surface area contributed by atoms with Gasteiger partial charge in [-0.15, -0.1) is 0 Å². The van der Waals surface area contributed by atoms with Gasteiger partial charge in [0.15, 0.2) is 0 Å². The van der Waals surface area contributed by atoms with Crippen LogP contribution in [0.1, 0.15) is 0 Å². The highest BCUT2D eigenvalue weighted by molar-refractivity contribution is 9.13. The first-order valence-corrected chi connectivity index (χ1v) is 5.58. The molecule has 4 heteroatoms. The van der Waals surface area contributed by atoms with Crippen molar-refractivity contribution in [2.45, 2.75) is 0 Å². The fraction of sp³-hybridized carbons (Fsp3) is 0. The van der Waals surface area contributed by atoms with Crippen LogP contribution in [-0.2, 0) is 0 Å². The maximum Gasteiger partial charge on any atom is 0.120 e. The lowest BCUT2D eigenvalue weighted by molar-refractivity contribution is 1.25. The van der Waals surface area contributed by atoms with E-state index in [0.29, 0.717) is 0 Å². The summed E-state index contributed by atoms with van der Waals surface area (Å²) in [5.41, 5.74) is 2.23. The van der Waals surface area contributed by atoms with Gasteiger partial charge in [0.05, 0.1) is 4.47 Å².